The molecule has 0 aliphatic rings. The Labute approximate surface area is 184 Å². The fourth-order valence-corrected chi connectivity index (χ4v) is 3.33. The van der Waals surface area contributed by atoms with Gasteiger partial charge >= 0.3 is 0 Å². The molecule has 1 aromatic heterocycles. The topological polar surface area (TPSA) is 51.2 Å². The second kappa shape index (κ2) is 9.39. The molecule has 4 rings (SSSR count). The van der Waals surface area contributed by atoms with Gasteiger partial charge in [0.05, 0.1) is 5.69 Å². The van der Waals surface area contributed by atoms with Gasteiger partial charge in [-0.1, -0.05) is 36.4 Å². The lowest BCUT2D eigenvalue weighted by molar-refractivity contribution is 0.0950. The van der Waals surface area contributed by atoms with Crippen LogP contribution in [0.4, 0.5) is 8.78 Å². The molecular weight excluding hydrogens is 410 g/mol. The van der Waals surface area contributed by atoms with Crippen molar-refractivity contribution in [1.82, 2.24) is 10.3 Å². The molecule has 0 bridgehead atoms. The quantitative estimate of drug-likeness (QED) is 0.405. The van der Waals surface area contributed by atoms with Gasteiger partial charge in [-0.3, -0.25) is 9.78 Å². The van der Waals surface area contributed by atoms with Crippen molar-refractivity contribution >= 4 is 5.91 Å². The Balaban J connectivity index is 1.51. The van der Waals surface area contributed by atoms with Crippen LogP contribution >= 0.6 is 0 Å². The van der Waals surface area contributed by atoms with Crippen LogP contribution in [-0.4, -0.2) is 10.9 Å². The fourth-order valence-electron chi connectivity index (χ4n) is 3.33. The lowest BCUT2D eigenvalue weighted by Gasteiger charge is -2.13. The number of nitrogens with zero attached hydrogens (tertiary/aromatic N) is 1. The first-order chi connectivity index (χ1) is 15.5. The molecule has 0 saturated heterocycles. The predicted molar refractivity (Wildman–Crippen MR) is 118 cm³/mol. The molecule has 0 atom stereocenters. The summed E-state index contributed by atoms with van der Waals surface area (Å²) < 4.78 is 32.8. The van der Waals surface area contributed by atoms with Gasteiger partial charge in [-0.2, -0.15) is 0 Å². The summed E-state index contributed by atoms with van der Waals surface area (Å²) in [6.45, 7) is 1.79. The highest BCUT2D eigenvalue weighted by Gasteiger charge is 2.14. The number of hydrogen-bond acceptors (Lipinski definition) is 3. The second-order valence-corrected chi connectivity index (χ2v) is 7.23. The van der Waals surface area contributed by atoms with Gasteiger partial charge in [-0.15, -0.1) is 0 Å². The highest BCUT2D eigenvalue weighted by atomic mass is 19.1. The molecule has 4 aromatic rings. The molecule has 0 aliphatic heterocycles. The third kappa shape index (κ3) is 4.98. The number of aromatic nitrogens is 1. The van der Waals surface area contributed by atoms with Gasteiger partial charge in [-0.05, 0) is 42.8 Å². The van der Waals surface area contributed by atoms with E-state index < -0.39 is 11.6 Å². The van der Waals surface area contributed by atoms with Crippen molar-refractivity contribution in [2.75, 3.05) is 0 Å². The van der Waals surface area contributed by atoms with Crippen LogP contribution in [0.5, 0.6) is 11.5 Å². The summed E-state index contributed by atoms with van der Waals surface area (Å²) in [6, 6.07) is 21.7. The molecular formula is C26H20F2N2O2. The minimum absolute atomic E-state index is 0.00281. The van der Waals surface area contributed by atoms with Gasteiger partial charge in [0.1, 0.15) is 23.1 Å². The number of rotatable bonds is 6. The second-order valence-electron chi connectivity index (χ2n) is 7.23. The Hall–Kier alpha value is -4.06. The standard InChI is InChI=1S/C26H20F2N2O2/c1-17-23(26(31)30-16-18-12-20(27)14-21(28)13-18)8-5-9-25(17)32-22-10-11-29-24(15-22)19-6-3-2-4-7-19/h2-15H,16H2,1H3,(H,30,31). The first-order valence-electron chi connectivity index (χ1n) is 10.0. The lowest BCUT2D eigenvalue weighted by Crippen LogP contribution is -2.23. The van der Waals surface area contributed by atoms with Crippen molar-refractivity contribution < 1.29 is 18.3 Å². The number of carbonyl (C=O) groups is 1. The van der Waals surface area contributed by atoms with Crippen LogP contribution in [0.3, 0.4) is 0 Å². The van der Waals surface area contributed by atoms with Crippen LogP contribution in [-0.2, 0) is 6.54 Å². The SMILES string of the molecule is Cc1c(Oc2ccnc(-c3ccccc3)c2)cccc1C(=O)NCc1cc(F)cc(F)c1. The summed E-state index contributed by atoms with van der Waals surface area (Å²) in [5.41, 5.74) is 3.14. The molecule has 3 aromatic carbocycles. The zero-order chi connectivity index (χ0) is 22.5. The Bertz CT molecular complexity index is 1240. The maximum Gasteiger partial charge on any atom is 0.251 e. The summed E-state index contributed by atoms with van der Waals surface area (Å²) in [4.78, 5) is 17.1. The normalized spacial score (nSPS) is 10.6. The minimum atomic E-state index is -0.687. The zero-order valence-corrected chi connectivity index (χ0v) is 17.3. The third-order valence-corrected chi connectivity index (χ3v) is 4.93. The van der Waals surface area contributed by atoms with E-state index in [0.29, 0.717) is 28.2 Å². The molecule has 0 unspecified atom stereocenters. The maximum absolute atomic E-state index is 13.4. The summed E-state index contributed by atoms with van der Waals surface area (Å²) in [7, 11) is 0. The van der Waals surface area contributed by atoms with Crippen LogP contribution in [0, 0.1) is 18.6 Å². The van der Waals surface area contributed by atoms with Crippen LogP contribution in [0.15, 0.2) is 85.1 Å². The number of benzene rings is 3. The average Bonchev–Trinajstić information content (AvgIpc) is 2.79. The predicted octanol–water partition coefficient (Wildman–Crippen LogP) is 6.06. The molecule has 1 heterocycles. The minimum Gasteiger partial charge on any atom is -0.457 e. The number of halogens is 2. The average molecular weight is 430 g/mol. The molecule has 0 radical (unpaired) electrons. The van der Waals surface area contributed by atoms with Gasteiger partial charge in [0.2, 0.25) is 0 Å². The Kier molecular flexibility index (Phi) is 6.22. The number of ether oxygens (including phenoxy) is 1. The van der Waals surface area contributed by atoms with E-state index in [9.17, 15) is 13.6 Å². The van der Waals surface area contributed by atoms with E-state index in [-0.39, 0.29) is 12.5 Å². The Morgan fingerprint density at radius 3 is 2.44 bits per heavy atom. The van der Waals surface area contributed by atoms with Crippen molar-refractivity contribution in [2.45, 2.75) is 13.5 Å². The number of nitrogens with one attached hydrogen (secondary N) is 1. The van der Waals surface area contributed by atoms with Crippen LogP contribution in [0.1, 0.15) is 21.5 Å². The van der Waals surface area contributed by atoms with Gasteiger partial charge in [0.25, 0.3) is 5.91 Å². The monoisotopic (exact) mass is 430 g/mol. The Morgan fingerprint density at radius 2 is 1.69 bits per heavy atom. The number of amides is 1. The number of pyridine rings is 1. The van der Waals surface area contributed by atoms with Gasteiger partial charge in [0, 0.05) is 41.6 Å². The summed E-state index contributed by atoms with van der Waals surface area (Å²) >= 11 is 0. The highest BCUT2D eigenvalue weighted by Crippen LogP contribution is 2.29. The van der Waals surface area contributed by atoms with Gasteiger partial charge in [0.15, 0.2) is 0 Å². The summed E-state index contributed by atoms with van der Waals surface area (Å²) in [6.07, 6.45) is 1.67. The molecule has 0 spiro atoms. The van der Waals surface area contributed by atoms with E-state index in [2.05, 4.69) is 10.3 Å². The van der Waals surface area contributed by atoms with Crippen molar-refractivity contribution in [3.63, 3.8) is 0 Å². The third-order valence-electron chi connectivity index (χ3n) is 4.93. The summed E-state index contributed by atoms with van der Waals surface area (Å²) in [5, 5.41) is 2.69. The number of hydrogen-bond donors (Lipinski definition) is 1. The van der Waals surface area contributed by atoms with E-state index in [4.69, 9.17) is 4.74 Å². The molecule has 160 valence electrons. The molecule has 0 saturated carbocycles. The van der Waals surface area contributed by atoms with Crippen molar-refractivity contribution in [3.8, 4) is 22.8 Å². The van der Waals surface area contributed by atoms with Gasteiger partial charge < -0.3 is 10.1 Å². The van der Waals surface area contributed by atoms with Crippen molar-refractivity contribution in [3.05, 3.63) is 113 Å². The molecule has 0 aliphatic carbocycles. The fraction of sp³-hybridized carbons (Fsp3) is 0.0769. The lowest BCUT2D eigenvalue weighted by atomic mass is 10.1. The van der Waals surface area contributed by atoms with Crippen LogP contribution < -0.4 is 10.1 Å². The first kappa shape index (κ1) is 21.2. The Morgan fingerprint density at radius 1 is 0.938 bits per heavy atom. The van der Waals surface area contributed by atoms with E-state index in [1.165, 1.54) is 12.1 Å². The van der Waals surface area contributed by atoms with E-state index >= 15 is 0 Å². The molecule has 1 N–H and O–H groups in total. The van der Waals surface area contributed by atoms with Gasteiger partial charge in [-0.25, -0.2) is 8.78 Å². The van der Waals surface area contributed by atoms with Crippen molar-refractivity contribution in [2.24, 2.45) is 0 Å². The molecule has 4 nitrogen and oxygen atoms in total. The van der Waals surface area contributed by atoms with Crippen LogP contribution in [0.2, 0.25) is 0 Å². The zero-order valence-electron chi connectivity index (χ0n) is 17.3. The van der Waals surface area contributed by atoms with Crippen LogP contribution in [0.25, 0.3) is 11.3 Å². The smallest absolute Gasteiger partial charge is 0.251 e. The molecule has 32 heavy (non-hydrogen) atoms. The molecule has 0 fully saturated rings. The first-order valence-corrected chi connectivity index (χ1v) is 10.0. The van der Waals surface area contributed by atoms with E-state index in [1.54, 1.807) is 37.4 Å². The van der Waals surface area contributed by atoms with E-state index in [1.807, 2.05) is 36.4 Å². The van der Waals surface area contributed by atoms with Crippen molar-refractivity contribution in [1.29, 1.82) is 0 Å². The largest absolute Gasteiger partial charge is 0.457 e. The highest BCUT2D eigenvalue weighted by molar-refractivity contribution is 5.96. The molecule has 6 heteroatoms. The van der Waals surface area contributed by atoms with E-state index in [0.717, 1.165) is 17.3 Å². The number of carbonyl (C=O) groups excluding carboxylic acids is 1. The molecule has 1 amide bonds. The summed E-state index contributed by atoms with van der Waals surface area (Å²) in [5.74, 6) is -0.618. The maximum atomic E-state index is 13.4.